The molecule has 0 aromatic carbocycles. The van der Waals surface area contributed by atoms with Gasteiger partial charge in [-0.2, -0.15) is 5.10 Å². The average Bonchev–Trinajstić information content (AvgIpc) is 2.78. The first kappa shape index (κ1) is 14.2. The molecule has 1 heterocycles. The minimum absolute atomic E-state index is 0.172. The van der Waals surface area contributed by atoms with Crippen LogP contribution in [-0.4, -0.2) is 32.2 Å². The summed E-state index contributed by atoms with van der Waals surface area (Å²) in [6.45, 7) is 6.93. The molecule has 2 unspecified atom stereocenters. The quantitative estimate of drug-likeness (QED) is 0.761. The molecule has 0 fully saturated rings. The van der Waals surface area contributed by atoms with Crippen molar-refractivity contribution < 1.29 is 10.2 Å². The summed E-state index contributed by atoms with van der Waals surface area (Å²) in [5, 5.41) is 24.2. The summed E-state index contributed by atoms with van der Waals surface area (Å²) in [6.07, 6.45) is 4.59. The molecule has 4 nitrogen and oxygen atoms in total. The second-order valence-corrected chi connectivity index (χ2v) is 4.54. The van der Waals surface area contributed by atoms with Crippen molar-refractivity contribution in [2.24, 2.45) is 5.92 Å². The zero-order valence-electron chi connectivity index (χ0n) is 11.0. The van der Waals surface area contributed by atoms with E-state index in [1.165, 1.54) is 0 Å². The largest absolute Gasteiger partial charge is 0.390 e. The van der Waals surface area contributed by atoms with Crippen LogP contribution in [0.15, 0.2) is 12.4 Å². The summed E-state index contributed by atoms with van der Waals surface area (Å²) in [5.74, 6) is 0.172. The van der Waals surface area contributed by atoms with Crippen LogP contribution in [0.3, 0.4) is 0 Å². The highest BCUT2D eigenvalue weighted by Crippen LogP contribution is 2.18. The van der Waals surface area contributed by atoms with Crippen LogP contribution in [0.4, 0.5) is 0 Å². The molecule has 0 saturated heterocycles. The second-order valence-electron chi connectivity index (χ2n) is 4.54. The van der Waals surface area contributed by atoms with E-state index >= 15 is 0 Å². The molecular weight excluding hydrogens is 216 g/mol. The van der Waals surface area contributed by atoms with Gasteiger partial charge in [0.25, 0.3) is 0 Å². The van der Waals surface area contributed by atoms with Gasteiger partial charge in [-0.1, -0.05) is 26.7 Å². The van der Waals surface area contributed by atoms with E-state index in [0.717, 1.165) is 24.9 Å². The molecule has 0 spiro atoms. The third-order valence-corrected chi connectivity index (χ3v) is 3.38. The Morgan fingerprint density at radius 1 is 1.24 bits per heavy atom. The normalized spacial score (nSPS) is 15.2. The van der Waals surface area contributed by atoms with Gasteiger partial charge in [0, 0.05) is 19.2 Å². The Morgan fingerprint density at radius 2 is 1.88 bits per heavy atom. The highest BCUT2D eigenvalue weighted by molar-refractivity contribution is 5.06. The van der Waals surface area contributed by atoms with Crippen molar-refractivity contribution in [2.45, 2.75) is 58.8 Å². The van der Waals surface area contributed by atoms with Crippen molar-refractivity contribution in [2.75, 3.05) is 0 Å². The van der Waals surface area contributed by atoms with Gasteiger partial charge in [-0.25, -0.2) is 0 Å². The van der Waals surface area contributed by atoms with Crippen molar-refractivity contribution in [3.8, 4) is 0 Å². The molecule has 0 bridgehead atoms. The van der Waals surface area contributed by atoms with Crippen molar-refractivity contribution in [1.29, 1.82) is 0 Å². The predicted octanol–water partition coefficient (Wildman–Crippen LogP) is 1.60. The molecule has 0 saturated carbocycles. The Bertz CT molecular complexity index is 321. The third kappa shape index (κ3) is 3.82. The standard InChI is InChI=1S/C13H24N2O2/c1-4-11(5-2)13(17)12(16)7-10-8-14-15(6-3)9-10/h8-9,11-13,16-17H,4-7H2,1-3H3. The van der Waals surface area contributed by atoms with E-state index in [9.17, 15) is 10.2 Å². The number of nitrogens with zero attached hydrogens (tertiary/aromatic N) is 2. The van der Waals surface area contributed by atoms with Gasteiger partial charge >= 0.3 is 0 Å². The molecule has 2 atom stereocenters. The van der Waals surface area contributed by atoms with Gasteiger partial charge in [-0.15, -0.1) is 0 Å². The summed E-state index contributed by atoms with van der Waals surface area (Å²) in [6, 6.07) is 0. The summed E-state index contributed by atoms with van der Waals surface area (Å²) in [4.78, 5) is 0. The van der Waals surface area contributed by atoms with Gasteiger partial charge in [0.2, 0.25) is 0 Å². The molecular formula is C13H24N2O2. The fourth-order valence-corrected chi connectivity index (χ4v) is 2.13. The fraction of sp³-hybridized carbons (Fsp3) is 0.769. The second kappa shape index (κ2) is 6.77. The SMILES string of the molecule is CCC(CC)C(O)C(O)Cc1cnn(CC)c1. The van der Waals surface area contributed by atoms with E-state index in [-0.39, 0.29) is 5.92 Å². The van der Waals surface area contributed by atoms with Gasteiger partial charge in [-0.05, 0) is 18.4 Å². The summed E-state index contributed by atoms with van der Waals surface area (Å²) < 4.78 is 1.82. The molecule has 98 valence electrons. The molecule has 17 heavy (non-hydrogen) atoms. The maximum atomic E-state index is 10.0. The van der Waals surface area contributed by atoms with Crippen LogP contribution in [0.2, 0.25) is 0 Å². The Kier molecular flexibility index (Phi) is 5.65. The highest BCUT2D eigenvalue weighted by atomic mass is 16.3. The van der Waals surface area contributed by atoms with E-state index in [1.807, 2.05) is 31.6 Å². The number of hydrogen-bond donors (Lipinski definition) is 2. The van der Waals surface area contributed by atoms with Crippen molar-refractivity contribution >= 4 is 0 Å². The number of aliphatic hydroxyl groups is 2. The van der Waals surface area contributed by atoms with E-state index in [4.69, 9.17) is 0 Å². The maximum absolute atomic E-state index is 10.0. The first-order chi connectivity index (χ1) is 8.12. The van der Waals surface area contributed by atoms with Gasteiger partial charge in [0.15, 0.2) is 0 Å². The first-order valence-electron chi connectivity index (χ1n) is 6.49. The molecule has 0 aliphatic rings. The monoisotopic (exact) mass is 240 g/mol. The number of aliphatic hydroxyl groups excluding tert-OH is 2. The van der Waals surface area contributed by atoms with Crippen LogP contribution in [0, 0.1) is 5.92 Å². The molecule has 1 rings (SSSR count). The zero-order chi connectivity index (χ0) is 12.8. The highest BCUT2D eigenvalue weighted by Gasteiger charge is 2.24. The molecule has 2 N–H and O–H groups in total. The topological polar surface area (TPSA) is 58.3 Å². The van der Waals surface area contributed by atoms with Crippen LogP contribution < -0.4 is 0 Å². The maximum Gasteiger partial charge on any atom is 0.0843 e. The number of aromatic nitrogens is 2. The Balaban J connectivity index is 2.55. The summed E-state index contributed by atoms with van der Waals surface area (Å²) in [7, 11) is 0. The van der Waals surface area contributed by atoms with Crippen LogP contribution in [0.5, 0.6) is 0 Å². The lowest BCUT2D eigenvalue weighted by molar-refractivity contribution is -0.0187. The first-order valence-corrected chi connectivity index (χ1v) is 6.49. The van der Waals surface area contributed by atoms with Crippen molar-refractivity contribution in [3.05, 3.63) is 18.0 Å². The van der Waals surface area contributed by atoms with E-state index < -0.39 is 12.2 Å². The number of rotatable bonds is 7. The molecule has 1 aromatic rings. The van der Waals surface area contributed by atoms with Gasteiger partial charge < -0.3 is 10.2 Å². The third-order valence-electron chi connectivity index (χ3n) is 3.38. The molecule has 1 aromatic heterocycles. The molecule has 0 aliphatic carbocycles. The lowest BCUT2D eigenvalue weighted by atomic mass is 9.90. The Hall–Kier alpha value is -0.870. The lowest BCUT2D eigenvalue weighted by Crippen LogP contribution is -2.34. The van der Waals surface area contributed by atoms with Gasteiger partial charge in [0.05, 0.1) is 18.4 Å². The van der Waals surface area contributed by atoms with Crippen molar-refractivity contribution in [1.82, 2.24) is 9.78 Å². The molecule has 0 amide bonds. The predicted molar refractivity (Wildman–Crippen MR) is 67.7 cm³/mol. The summed E-state index contributed by atoms with van der Waals surface area (Å²) in [5.41, 5.74) is 0.976. The smallest absolute Gasteiger partial charge is 0.0843 e. The Labute approximate surface area is 103 Å². The minimum atomic E-state index is -0.700. The van der Waals surface area contributed by atoms with Crippen LogP contribution in [0.1, 0.15) is 39.2 Å². The molecule has 0 aliphatic heterocycles. The molecule has 4 heteroatoms. The van der Waals surface area contributed by atoms with E-state index in [0.29, 0.717) is 6.42 Å². The van der Waals surface area contributed by atoms with Gasteiger partial charge in [-0.3, -0.25) is 4.68 Å². The molecule has 0 radical (unpaired) electrons. The lowest BCUT2D eigenvalue weighted by Gasteiger charge is -2.24. The van der Waals surface area contributed by atoms with Crippen LogP contribution >= 0.6 is 0 Å². The van der Waals surface area contributed by atoms with E-state index in [1.54, 1.807) is 6.20 Å². The van der Waals surface area contributed by atoms with Crippen molar-refractivity contribution in [3.63, 3.8) is 0 Å². The zero-order valence-corrected chi connectivity index (χ0v) is 11.0. The fourth-order valence-electron chi connectivity index (χ4n) is 2.13. The number of aryl methyl sites for hydroxylation is 1. The Morgan fingerprint density at radius 3 is 2.35 bits per heavy atom. The number of hydrogen-bond acceptors (Lipinski definition) is 3. The minimum Gasteiger partial charge on any atom is -0.390 e. The average molecular weight is 240 g/mol. The van der Waals surface area contributed by atoms with Gasteiger partial charge in [0.1, 0.15) is 0 Å². The van der Waals surface area contributed by atoms with E-state index in [2.05, 4.69) is 5.10 Å². The van der Waals surface area contributed by atoms with Crippen LogP contribution in [0.25, 0.3) is 0 Å². The summed E-state index contributed by atoms with van der Waals surface area (Å²) >= 11 is 0. The van der Waals surface area contributed by atoms with Crippen LogP contribution in [-0.2, 0) is 13.0 Å².